The molecule has 1 aromatic carbocycles. The maximum atomic E-state index is 13.5. The predicted molar refractivity (Wildman–Crippen MR) is 77.1 cm³/mol. The van der Waals surface area contributed by atoms with Crippen LogP contribution in [0.25, 0.3) is 0 Å². The van der Waals surface area contributed by atoms with Gasteiger partial charge in [0.15, 0.2) is 0 Å². The zero-order valence-electron chi connectivity index (χ0n) is 11.8. The number of nitro groups is 1. The molecule has 2 aromatic rings. The normalized spacial score (nSPS) is 10.0. The first-order valence-corrected chi connectivity index (χ1v) is 6.35. The van der Waals surface area contributed by atoms with Gasteiger partial charge in [-0.05, 0) is 12.1 Å². The number of pyridine rings is 1. The average molecular weight is 334 g/mol. The molecule has 1 heterocycles. The molecule has 0 saturated carbocycles. The van der Waals surface area contributed by atoms with Crippen molar-refractivity contribution >= 4 is 17.3 Å². The summed E-state index contributed by atoms with van der Waals surface area (Å²) in [4.78, 5) is 33.7. The Bertz CT molecular complexity index is 933. The Morgan fingerprint density at radius 3 is 2.71 bits per heavy atom. The first kappa shape index (κ1) is 16.8. The molecule has 0 saturated heterocycles. The summed E-state index contributed by atoms with van der Waals surface area (Å²) >= 11 is 0. The highest BCUT2D eigenvalue weighted by Gasteiger charge is 2.16. The van der Waals surface area contributed by atoms with Gasteiger partial charge in [0, 0.05) is 12.1 Å². The Morgan fingerprint density at radius 2 is 2.08 bits per heavy atom. The predicted octanol–water partition coefficient (Wildman–Crippen LogP) is 1.55. The highest BCUT2D eigenvalue weighted by molar-refractivity contribution is 5.90. The van der Waals surface area contributed by atoms with Crippen molar-refractivity contribution in [3.63, 3.8) is 0 Å². The van der Waals surface area contributed by atoms with Crippen LogP contribution in [0, 0.1) is 33.1 Å². The van der Waals surface area contributed by atoms with Crippen LogP contribution in [0.5, 0.6) is 0 Å². The van der Waals surface area contributed by atoms with E-state index in [1.807, 2.05) is 5.32 Å². The number of halogens is 2. The van der Waals surface area contributed by atoms with Crippen LogP contribution >= 0.6 is 0 Å². The second-order valence-electron chi connectivity index (χ2n) is 4.59. The third-order valence-corrected chi connectivity index (χ3v) is 2.92. The Kier molecular flexibility index (Phi) is 4.65. The van der Waals surface area contributed by atoms with Gasteiger partial charge in [0.05, 0.1) is 16.8 Å². The number of nitrogens with one attached hydrogen (secondary N) is 1. The lowest BCUT2D eigenvalue weighted by Gasteiger charge is -2.08. The molecule has 122 valence electrons. The fraction of sp³-hybridized carbons (Fsp3) is 0.0714. The van der Waals surface area contributed by atoms with Crippen molar-refractivity contribution in [3.05, 3.63) is 68.1 Å². The largest absolute Gasteiger partial charge is 0.322 e. The second kappa shape index (κ2) is 6.66. The van der Waals surface area contributed by atoms with Gasteiger partial charge in [-0.2, -0.15) is 5.26 Å². The summed E-state index contributed by atoms with van der Waals surface area (Å²) < 4.78 is 27.1. The molecule has 0 radical (unpaired) electrons. The molecule has 0 aliphatic rings. The molecule has 0 unspecified atom stereocenters. The van der Waals surface area contributed by atoms with Crippen LogP contribution in [-0.2, 0) is 11.3 Å². The molecule has 10 heteroatoms. The van der Waals surface area contributed by atoms with E-state index in [1.54, 1.807) is 0 Å². The van der Waals surface area contributed by atoms with Gasteiger partial charge >= 0.3 is 0 Å². The zero-order chi connectivity index (χ0) is 17.9. The van der Waals surface area contributed by atoms with Gasteiger partial charge in [0.25, 0.3) is 11.2 Å². The van der Waals surface area contributed by atoms with Gasteiger partial charge in [-0.25, -0.2) is 8.78 Å². The summed E-state index contributed by atoms with van der Waals surface area (Å²) in [5.41, 5.74) is -2.44. The van der Waals surface area contributed by atoms with Gasteiger partial charge in [-0.3, -0.25) is 24.3 Å². The Morgan fingerprint density at radius 1 is 1.38 bits per heavy atom. The number of anilines is 1. The lowest BCUT2D eigenvalue weighted by atomic mass is 10.2. The minimum Gasteiger partial charge on any atom is -0.322 e. The fourth-order valence-electron chi connectivity index (χ4n) is 1.86. The average Bonchev–Trinajstić information content (AvgIpc) is 2.52. The van der Waals surface area contributed by atoms with E-state index in [2.05, 4.69) is 0 Å². The molecule has 0 aliphatic carbocycles. The van der Waals surface area contributed by atoms with Crippen LogP contribution in [0.1, 0.15) is 5.56 Å². The summed E-state index contributed by atoms with van der Waals surface area (Å²) in [5, 5.41) is 21.6. The fourth-order valence-corrected chi connectivity index (χ4v) is 1.86. The highest BCUT2D eigenvalue weighted by atomic mass is 19.1. The third kappa shape index (κ3) is 3.58. The van der Waals surface area contributed by atoms with Gasteiger partial charge in [0.1, 0.15) is 29.8 Å². The molecule has 0 bridgehead atoms. The first-order valence-electron chi connectivity index (χ1n) is 6.35. The number of hydrogen-bond donors (Lipinski definition) is 1. The van der Waals surface area contributed by atoms with E-state index in [9.17, 15) is 28.5 Å². The van der Waals surface area contributed by atoms with Crippen molar-refractivity contribution < 1.29 is 18.5 Å². The van der Waals surface area contributed by atoms with E-state index in [0.29, 0.717) is 4.57 Å². The number of nitrogens with zero attached hydrogens (tertiary/aromatic N) is 3. The number of amides is 1. The molecule has 2 rings (SSSR count). The Hall–Kier alpha value is -3.61. The number of rotatable bonds is 4. The highest BCUT2D eigenvalue weighted by Crippen LogP contribution is 2.15. The smallest absolute Gasteiger partial charge is 0.287 e. The van der Waals surface area contributed by atoms with Crippen molar-refractivity contribution in [2.45, 2.75) is 6.54 Å². The lowest BCUT2D eigenvalue weighted by Crippen LogP contribution is -2.29. The van der Waals surface area contributed by atoms with E-state index >= 15 is 0 Å². The molecule has 0 aliphatic heterocycles. The zero-order valence-corrected chi connectivity index (χ0v) is 11.8. The summed E-state index contributed by atoms with van der Waals surface area (Å²) in [5.74, 6) is -2.61. The van der Waals surface area contributed by atoms with Gasteiger partial charge in [0.2, 0.25) is 5.91 Å². The first-order chi connectivity index (χ1) is 11.3. The quantitative estimate of drug-likeness (QED) is 0.672. The van der Waals surface area contributed by atoms with E-state index in [1.165, 1.54) is 6.07 Å². The van der Waals surface area contributed by atoms with Crippen LogP contribution in [0.2, 0.25) is 0 Å². The molecule has 0 spiro atoms. The number of aromatic nitrogens is 1. The van der Waals surface area contributed by atoms with Crippen molar-refractivity contribution in [1.29, 1.82) is 5.26 Å². The lowest BCUT2D eigenvalue weighted by molar-refractivity contribution is -0.385. The SMILES string of the molecule is N#Cc1cc([N+](=O)[O-])cn(CC(=O)Nc2cc(F)ccc2F)c1=O. The number of carbonyl (C=O) groups excluding carboxylic acids is 1. The van der Waals surface area contributed by atoms with Crippen molar-refractivity contribution in [3.8, 4) is 6.07 Å². The number of benzene rings is 1. The monoisotopic (exact) mass is 334 g/mol. The van der Waals surface area contributed by atoms with E-state index in [0.717, 1.165) is 30.5 Å². The number of hydrogen-bond acceptors (Lipinski definition) is 5. The van der Waals surface area contributed by atoms with Crippen molar-refractivity contribution in [2.75, 3.05) is 5.32 Å². The molecular formula is C14H8F2N4O4. The summed E-state index contributed by atoms with van der Waals surface area (Å²) in [6, 6.07) is 4.67. The van der Waals surface area contributed by atoms with Gasteiger partial charge in [-0.15, -0.1) is 0 Å². The standard InChI is InChI=1S/C14H8F2N4O4/c15-9-1-2-11(16)12(4-9)18-13(21)7-19-6-10(20(23)24)3-8(5-17)14(19)22/h1-4,6H,7H2,(H,18,21). The van der Waals surface area contributed by atoms with E-state index in [-0.39, 0.29) is 0 Å². The molecule has 8 nitrogen and oxygen atoms in total. The van der Waals surface area contributed by atoms with Gasteiger partial charge in [-0.1, -0.05) is 0 Å². The number of carbonyl (C=O) groups is 1. The Balaban J connectivity index is 2.30. The molecule has 0 fully saturated rings. The van der Waals surface area contributed by atoms with E-state index < -0.39 is 51.5 Å². The summed E-state index contributed by atoms with van der Waals surface area (Å²) in [6.07, 6.45) is 0.782. The molecular weight excluding hydrogens is 326 g/mol. The van der Waals surface area contributed by atoms with Crippen LogP contribution in [0.15, 0.2) is 35.3 Å². The van der Waals surface area contributed by atoms with Crippen LogP contribution in [0.3, 0.4) is 0 Å². The van der Waals surface area contributed by atoms with E-state index in [4.69, 9.17) is 5.26 Å². The molecule has 1 N–H and O–H groups in total. The minimum absolute atomic E-state index is 0.445. The second-order valence-corrected chi connectivity index (χ2v) is 4.59. The van der Waals surface area contributed by atoms with Crippen molar-refractivity contribution in [2.24, 2.45) is 0 Å². The topological polar surface area (TPSA) is 118 Å². The van der Waals surface area contributed by atoms with Crippen molar-refractivity contribution in [1.82, 2.24) is 4.57 Å². The van der Waals surface area contributed by atoms with Gasteiger partial charge < -0.3 is 5.32 Å². The molecule has 0 atom stereocenters. The summed E-state index contributed by atoms with van der Waals surface area (Å²) in [7, 11) is 0. The summed E-state index contributed by atoms with van der Waals surface area (Å²) in [6.45, 7) is -0.717. The van der Waals surface area contributed by atoms with Crippen LogP contribution < -0.4 is 10.9 Å². The molecule has 1 amide bonds. The molecule has 24 heavy (non-hydrogen) atoms. The third-order valence-electron chi connectivity index (χ3n) is 2.92. The maximum absolute atomic E-state index is 13.5. The Labute approximate surface area is 132 Å². The minimum atomic E-state index is -0.925. The number of nitriles is 1. The molecule has 1 aromatic heterocycles. The van der Waals surface area contributed by atoms with Crippen LogP contribution in [-0.4, -0.2) is 15.4 Å². The maximum Gasteiger partial charge on any atom is 0.287 e. The van der Waals surface area contributed by atoms with Crippen LogP contribution in [0.4, 0.5) is 20.2 Å².